The number of thioether (sulfide) groups is 1. The Balaban J connectivity index is 0.000000963. The molecule has 0 radical (unpaired) electrons. The Morgan fingerprint density at radius 1 is 1.50 bits per heavy atom. The fourth-order valence-electron chi connectivity index (χ4n) is 2.46. The van der Waals surface area contributed by atoms with Crippen LogP contribution in [0.15, 0.2) is 4.99 Å². The van der Waals surface area contributed by atoms with Gasteiger partial charge in [0.25, 0.3) is 0 Å². The minimum atomic E-state index is -2.85. The van der Waals surface area contributed by atoms with Gasteiger partial charge in [-0.05, 0) is 0 Å². The third-order valence-electron chi connectivity index (χ3n) is 3.12. The van der Waals surface area contributed by atoms with Crippen LogP contribution in [0.25, 0.3) is 0 Å². The van der Waals surface area contributed by atoms with Crippen LogP contribution >= 0.6 is 44.7 Å². The SMILES string of the molecule is Br.O=S1(=O)C[C@H]2N=C3SCC(CBr)N3[C@H]2C1. The van der Waals surface area contributed by atoms with Crippen molar-refractivity contribution >= 4 is 59.7 Å². The number of rotatable bonds is 1. The molecule has 0 aromatic rings. The highest BCUT2D eigenvalue weighted by atomic mass is 79.9. The van der Waals surface area contributed by atoms with Crippen molar-refractivity contribution in [3.05, 3.63) is 0 Å². The zero-order valence-corrected chi connectivity index (χ0v) is 13.3. The van der Waals surface area contributed by atoms with Crippen molar-refractivity contribution < 1.29 is 8.42 Å². The Kier molecular flexibility index (Phi) is 3.65. The summed E-state index contributed by atoms with van der Waals surface area (Å²) in [4.78, 5) is 6.73. The van der Waals surface area contributed by atoms with Crippen LogP contribution in [-0.4, -0.2) is 59.2 Å². The van der Waals surface area contributed by atoms with Crippen LogP contribution < -0.4 is 0 Å². The van der Waals surface area contributed by atoms with Gasteiger partial charge in [-0.2, -0.15) is 0 Å². The maximum absolute atomic E-state index is 11.5. The quantitative estimate of drug-likeness (QED) is 0.623. The molecule has 0 aromatic heterocycles. The van der Waals surface area contributed by atoms with E-state index in [0.29, 0.717) is 6.04 Å². The van der Waals surface area contributed by atoms with Gasteiger partial charge in [0.15, 0.2) is 15.0 Å². The van der Waals surface area contributed by atoms with E-state index in [1.54, 1.807) is 11.8 Å². The molecule has 3 aliphatic heterocycles. The largest absolute Gasteiger partial charge is 0.341 e. The second kappa shape index (κ2) is 4.44. The highest BCUT2D eigenvalue weighted by molar-refractivity contribution is 9.09. The number of sulfone groups is 1. The number of hydrogen-bond donors (Lipinski definition) is 0. The molecule has 0 amide bonds. The first-order valence-electron chi connectivity index (χ1n) is 4.86. The summed E-state index contributed by atoms with van der Waals surface area (Å²) in [6.07, 6.45) is 0. The fraction of sp³-hybridized carbons (Fsp3) is 0.875. The van der Waals surface area contributed by atoms with Gasteiger partial charge in [-0.1, -0.05) is 27.7 Å². The predicted molar refractivity (Wildman–Crippen MR) is 75.9 cm³/mol. The van der Waals surface area contributed by atoms with Crippen molar-refractivity contribution in [1.29, 1.82) is 0 Å². The van der Waals surface area contributed by atoms with Crippen LogP contribution in [-0.2, 0) is 9.84 Å². The van der Waals surface area contributed by atoms with E-state index in [1.165, 1.54) is 0 Å². The van der Waals surface area contributed by atoms with E-state index in [4.69, 9.17) is 0 Å². The molecule has 4 nitrogen and oxygen atoms in total. The van der Waals surface area contributed by atoms with E-state index in [0.717, 1.165) is 16.3 Å². The van der Waals surface area contributed by atoms with Crippen LogP contribution in [0.5, 0.6) is 0 Å². The third kappa shape index (κ3) is 1.95. The van der Waals surface area contributed by atoms with Crippen LogP contribution in [0.1, 0.15) is 0 Å². The zero-order valence-electron chi connectivity index (χ0n) is 8.37. The van der Waals surface area contributed by atoms with E-state index < -0.39 is 9.84 Å². The summed E-state index contributed by atoms with van der Waals surface area (Å²) >= 11 is 5.23. The van der Waals surface area contributed by atoms with Crippen LogP contribution in [0.3, 0.4) is 0 Å². The van der Waals surface area contributed by atoms with Crippen LogP contribution in [0.4, 0.5) is 0 Å². The molecule has 0 N–H and O–H groups in total. The normalized spacial score (nSPS) is 38.9. The monoisotopic (exact) mass is 390 g/mol. The molecule has 0 aliphatic carbocycles. The molecular weight excluding hydrogens is 380 g/mol. The average molecular weight is 392 g/mol. The minimum absolute atomic E-state index is 0. The topological polar surface area (TPSA) is 49.7 Å². The second-order valence-corrected chi connectivity index (χ2v) is 7.94. The summed E-state index contributed by atoms with van der Waals surface area (Å²) < 4.78 is 23.0. The van der Waals surface area contributed by atoms with Gasteiger partial charge in [-0.3, -0.25) is 4.99 Å². The molecule has 2 fully saturated rings. The number of fused-ring (bicyclic) bond motifs is 3. The maximum atomic E-state index is 11.5. The van der Waals surface area contributed by atoms with Crippen LogP contribution in [0.2, 0.25) is 0 Å². The lowest BCUT2D eigenvalue weighted by Crippen LogP contribution is -2.43. The Labute approximate surface area is 118 Å². The van der Waals surface area contributed by atoms with E-state index in [9.17, 15) is 8.42 Å². The number of hydrogen-bond acceptors (Lipinski definition) is 5. The van der Waals surface area contributed by atoms with Gasteiger partial charge >= 0.3 is 0 Å². The summed E-state index contributed by atoms with van der Waals surface area (Å²) in [7, 11) is -2.85. The van der Waals surface area contributed by atoms with Crippen molar-refractivity contribution in [1.82, 2.24) is 4.90 Å². The molecule has 0 aromatic carbocycles. The van der Waals surface area contributed by atoms with Gasteiger partial charge in [-0.25, -0.2) is 8.42 Å². The number of alkyl halides is 1. The lowest BCUT2D eigenvalue weighted by atomic mass is 10.1. The molecule has 2 saturated heterocycles. The molecule has 3 aliphatic rings. The molecule has 3 atom stereocenters. The number of nitrogens with zero attached hydrogens (tertiary/aromatic N) is 2. The van der Waals surface area contributed by atoms with Crippen molar-refractivity contribution in [3.63, 3.8) is 0 Å². The van der Waals surface area contributed by atoms with Gasteiger partial charge in [0, 0.05) is 11.1 Å². The molecule has 0 saturated carbocycles. The van der Waals surface area contributed by atoms with Crippen molar-refractivity contribution in [3.8, 4) is 0 Å². The van der Waals surface area contributed by atoms with E-state index in [1.807, 2.05) is 0 Å². The Hall–Kier alpha value is 0.730. The molecule has 0 spiro atoms. The van der Waals surface area contributed by atoms with Crippen molar-refractivity contribution in [2.45, 2.75) is 18.1 Å². The maximum Gasteiger partial charge on any atom is 0.160 e. The number of amidine groups is 1. The first-order valence-corrected chi connectivity index (χ1v) is 8.79. The number of aliphatic imine (C=N–C) groups is 1. The molecule has 3 heterocycles. The van der Waals surface area contributed by atoms with E-state index in [2.05, 4.69) is 25.8 Å². The lowest BCUT2D eigenvalue weighted by molar-refractivity contribution is 0.310. The van der Waals surface area contributed by atoms with Gasteiger partial charge < -0.3 is 4.90 Å². The average Bonchev–Trinajstić information content (AvgIpc) is 2.73. The third-order valence-corrected chi connectivity index (χ3v) is 6.70. The van der Waals surface area contributed by atoms with Crippen molar-refractivity contribution in [2.75, 3.05) is 22.6 Å². The van der Waals surface area contributed by atoms with Gasteiger partial charge in [0.2, 0.25) is 0 Å². The zero-order chi connectivity index (χ0) is 10.6. The molecule has 92 valence electrons. The summed E-state index contributed by atoms with van der Waals surface area (Å²) in [5.41, 5.74) is 0. The van der Waals surface area contributed by atoms with Gasteiger partial charge in [0.05, 0.1) is 29.6 Å². The predicted octanol–water partition coefficient (Wildman–Crippen LogP) is 0.912. The van der Waals surface area contributed by atoms with Gasteiger partial charge in [0.1, 0.15) is 0 Å². The molecule has 1 unspecified atom stereocenters. The standard InChI is InChI=1S/C8H11BrN2O2S2.BrH/c9-1-5-2-14-8-10-6-3-15(12,13)4-7(6)11(5)8;/h5-7H,1-4H2;1H/t5?,6-,7+;/m1./s1. The first-order chi connectivity index (χ1) is 7.11. The van der Waals surface area contributed by atoms with Crippen molar-refractivity contribution in [2.24, 2.45) is 4.99 Å². The second-order valence-electron chi connectivity index (χ2n) is 4.15. The first kappa shape index (κ1) is 13.2. The molecule has 8 heteroatoms. The molecule has 16 heavy (non-hydrogen) atoms. The van der Waals surface area contributed by atoms with Crippen LogP contribution in [0, 0.1) is 0 Å². The van der Waals surface area contributed by atoms with E-state index in [-0.39, 0.29) is 40.6 Å². The molecule has 3 rings (SSSR count). The Morgan fingerprint density at radius 2 is 2.25 bits per heavy atom. The number of halogens is 2. The highest BCUT2D eigenvalue weighted by Crippen LogP contribution is 2.38. The summed E-state index contributed by atoms with van der Waals surface area (Å²) in [5.74, 6) is 1.55. The summed E-state index contributed by atoms with van der Waals surface area (Å²) in [5, 5.41) is 1.95. The lowest BCUT2D eigenvalue weighted by Gasteiger charge is -2.26. The summed E-state index contributed by atoms with van der Waals surface area (Å²) in [6, 6.07) is 0.527. The Morgan fingerprint density at radius 3 is 2.94 bits per heavy atom. The minimum Gasteiger partial charge on any atom is -0.341 e. The Bertz CT molecular complexity index is 426. The summed E-state index contributed by atoms with van der Waals surface area (Å²) in [6.45, 7) is 0. The molecular formula is C8H12Br2N2O2S2. The molecule has 0 bridgehead atoms. The van der Waals surface area contributed by atoms with E-state index >= 15 is 0 Å². The fourth-order valence-corrected chi connectivity index (χ4v) is 6.42. The highest BCUT2D eigenvalue weighted by Gasteiger charge is 2.50. The smallest absolute Gasteiger partial charge is 0.160 e. The van der Waals surface area contributed by atoms with Gasteiger partial charge in [-0.15, -0.1) is 17.0 Å².